The first-order valence-electron chi connectivity index (χ1n) is 13.8. The summed E-state index contributed by atoms with van der Waals surface area (Å²) in [5.41, 5.74) is 1.98. The zero-order chi connectivity index (χ0) is 31.2. The predicted octanol–water partition coefficient (Wildman–Crippen LogP) is 4.03. The van der Waals surface area contributed by atoms with Crippen molar-refractivity contribution in [3.8, 4) is 11.5 Å². The lowest BCUT2D eigenvalue weighted by Gasteiger charge is -2.25. The van der Waals surface area contributed by atoms with Gasteiger partial charge in [-0.2, -0.15) is 0 Å². The molecule has 0 saturated carbocycles. The topological polar surface area (TPSA) is 105 Å². The fourth-order valence-corrected chi connectivity index (χ4v) is 5.79. The van der Waals surface area contributed by atoms with E-state index in [1.165, 1.54) is 23.8 Å². The molecule has 0 aliphatic carbocycles. The lowest BCUT2D eigenvalue weighted by Crippen LogP contribution is -2.40. The number of thiazole rings is 1. The first-order valence-corrected chi connectivity index (χ1v) is 14.7. The molecular weight excluding hydrogens is 587 g/mol. The van der Waals surface area contributed by atoms with E-state index in [4.69, 9.17) is 23.9 Å². The minimum Gasteiger partial charge on any atom is -0.493 e. The molecule has 9 nitrogen and oxygen atoms in total. The number of rotatable bonds is 10. The molecule has 2 heterocycles. The van der Waals surface area contributed by atoms with Gasteiger partial charge in [0, 0.05) is 5.56 Å². The van der Waals surface area contributed by atoms with E-state index in [-0.39, 0.29) is 25.4 Å². The highest BCUT2D eigenvalue weighted by molar-refractivity contribution is 7.07. The van der Waals surface area contributed by atoms with Crippen molar-refractivity contribution in [3.63, 3.8) is 0 Å². The van der Waals surface area contributed by atoms with Gasteiger partial charge < -0.3 is 18.9 Å². The van der Waals surface area contributed by atoms with E-state index < -0.39 is 29.4 Å². The number of carbonyl (C=O) groups excluding carboxylic acids is 2. The van der Waals surface area contributed by atoms with E-state index in [2.05, 4.69) is 0 Å². The Kier molecular flexibility index (Phi) is 9.35. The third-order valence-corrected chi connectivity index (χ3v) is 7.68. The van der Waals surface area contributed by atoms with Crippen LogP contribution in [0.2, 0.25) is 0 Å². The molecule has 0 saturated heterocycles. The van der Waals surface area contributed by atoms with Crippen LogP contribution in [0.15, 0.2) is 88.2 Å². The summed E-state index contributed by atoms with van der Waals surface area (Å²) in [4.78, 5) is 44.4. The number of fused-ring (bicyclic) bond motifs is 1. The quantitative estimate of drug-likeness (QED) is 0.248. The van der Waals surface area contributed by atoms with Crippen LogP contribution in [0.1, 0.15) is 36.6 Å². The van der Waals surface area contributed by atoms with Gasteiger partial charge in [0.25, 0.3) is 5.56 Å². The average molecular weight is 617 g/mol. The fraction of sp³-hybridized carbons (Fsp3) is 0.212. The highest BCUT2D eigenvalue weighted by atomic mass is 32.1. The number of nitrogens with zero attached hydrogens (tertiary/aromatic N) is 2. The number of methoxy groups -OCH3 is 1. The van der Waals surface area contributed by atoms with Crippen molar-refractivity contribution in [3.05, 3.63) is 121 Å². The van der Waals surface area contributed by atoms with Crippen LogP contribution in [0.5, 0.6) is 11.5 Å². The summed E-state index contributed by atoms with van der Waals surface area (Å²) in [5, 5.41) is 0. The van der Waals surface area contributed by atoms with E-state index in [9.17, 15) is 18.8 Å². The standard InChI is InChI=1S/C33H29FN2O7S/c1-4-41-27(37)19-43-24-16-11-20(17-25(24)40-3)18-26-31(38)36-30(22-12-14-23(34)15-13-22)28(32(39)42-5-2)29(35-33(36)44-26)21-9-7-6-8-10-21/h6-18,30H,4-5,19H2,1-3H3. The maximum Gasteiger partial charge on any atom is 0.344 e. The van der Waals surface area contributed by atoms with Crippen LogP contribution in [0.25, 0.3) is 11.8 Å². The minimum atomic E-state index is -0.920. The number of carbonyl (C=O) groups is 2. The molecule has 1 aliphatic heterocycles. The van der Waals surface area contributed by atoms with Gasteiger partial charge >= 0.3 is 11.9 Å². The SMILES string of the molecule is CCOC(=O)COc1ccc(C=c2sc3n(c2=O)C(c2ccc(F)cc2)C(C(=O)OCC)=C(c2ccccc2)N=3)cc1OC. The second-order valence-electron chi connectivity index (χ2n) is 9.49. The number of halogens is 1. The van der Waals surface area contributed by atoms with Gasteiger partial charge in [0.2, 0.25) is 0 Å². The Morgan fingerprint density at radius 3 is 2.39 bits per heavy atom. The van der Waals surface area contributed by atoms with Crippen LogP contribution >= 0.6 is 11.3 Å². The van der Waals surface area contributed by atoms with Crippen molar-refractivity contribution in [1.29, 1.82) is 0 Å². The molecular formula is C33H29FN2O7S. The molecule has 0 amide bonds. The summed E-state index contributed by atoms with van der Waals surface area (Å²) >= 11 is 1.16. The first kappa shape index (κ1) is 30.4. The molecule has 44 heavy (non-hydrogen) atoms. The summed E-state index contributed by atoms with van der Waals surface area (Å²) in [6.07, 6.45) is 1.68. The van der Waals surface area contributed by atoms with Crippen LogP contribution in [0.3, 0.4) is 0 Å². The number of ether oxygens (including phenoxy) is 4. The molecule has 1 aromatic heterocycles. The third-order valence-electron chi connectivity index (χ3n) is 6.70. The highest BCUT2D eigenvalue weighted by Crippen LogP contribution is 2.35. The Balaban J connectivity index is 1.67. The summed E-state index contributed by atoms with van der Waals surface area (Å²) < 4.78 is 37.1. The third kappa shape index (κ3) is 6.32. The molecule has 11 heteroatoms. The van der Waals surface area contributed by atoms with Crippen molar-refractivity contribution in [1.82, 2.24) is 4.57 Å². The van der Waals surface area contributed by atoms with E-state index in [0.717, 1.165) is 11.3 Å². The van der Waals surface area contributed by atoms with E-state index in [0.29, 0.717) is 43.2 Å². The zero-order valence-electron chi connectivity index (χ0n) is 24.2. The number of hydrogen-bond acceptors (Lipinski definition) is 9. The number of benzene rings is 3. The lowest BCUT2D eigenvalue weighted by atomic mass is 9.93. The van der Waals surface area contributed by atoms with Crippen molar-refractivity contribution >= 4 is 35.0 Å². The van der Waals surface area contributed by atoms with Gasteiger partial charge in [-0.15, -0.1) is 0 Å². The molecule has 4 aromatic rings. The summed E-state index contributed by atoms with van der Waals surface area (Å²) in [6, 6.07) is 18.9. The summed E-state index contributed by atoms with van der Waals surface area (Å²) in [5.74, 6) is -0.887. The van der Waals surface area contributed by atoms with Crippen LogP contribution in [0, 0.1) is 5.82 Å². The summed E-state index contributed by atoms with van der Waals surface area (Å²) in [6.45, 7) is 3.49. The largest absolute Gasteiger partial charge is 0.493 e. The van der Waals surface area contributed by atoms with E-state index >= 15 is 0 Å². The second kappa shape index (κ2) is 13.5. The van der Waals surface area contributed by atoms with Crippen LogP contribution < -0.4 is 24.4 Å². The van der Waals surface area contributed by atoms with Gasteiger partial charge in [-0.3, -0.25) is 9.36 Å². The van der Waals surface area contributed by atoms with Gasteiger partial charge in [-0.05, 0) is 55.3 Å². The highest BCUT2D eigenvalue weighted by Gasteiger charge is 2.35. The first-order chi connectivity index (χ1) is 21.3. The predicted molar refractivity (Wildman–Crippen MR) is 163 cm³/mol. The Morgan fingerprint density at radius 1 is 0.977 bits per heavy atom. The maximum absolute atomic E-state index is 14.0. The van der Waals surface area contributed by atoms with Crippen molar-refractivity contribution in [2.45, 2.75) is 19.9 Å². The van der Waals surface area contributed by atoms with Crippen molar-refractivity contribution < 1.29 is 32.9 Å². The Morgan fingerprint density at radius 2 is 1.70 bits per heavy atom. The maximum atomic E-state index is 14.0. The molecule has 0 spiro atoms. The molecule has 1 unspecified atom stereocenters. The Bertz CT molecular complexity index is 1900. The van der Waals surface area contributed by atoms with Crippen molar-refractivity contribution in [2.75, 3.05) is 26.9 Å². The monoisotopic (exact) mass is 616 g/mol. The van der Waals surface area contributed by atoms with Gasteiger partial charge in [-0.25, -0.2) is 19.0 Å². The molecule has 0 N–H and O–H groups in total. The summed E-state index contributed by atoms with van der Waals surface area (Å²) in [7, 11) is 1.47. The zero-order valence-corrected chi connectivity index (χ0v) is 25.1. The number of esters is 2. The smallest absolute Gasteiger partial charge is 0.344 e. The molecule has 0 fully saturated rings. The van der Waals surface area contributed by atoms with Gasteiger partial charge in [0.1, 0.15) is 5.82 Å². The number of hydrogen-bond donors (Lipinski definition) is 0. The molecule has 5 rings (SSSR count). The average Bonchev–Trinajstić information content (AvgIpc) is 3.34. The van der Waals surface area contributed by atoms with Crippen molar-refractivity contribution in [2.24, 2.45) is 4.99 Å². The molecule has 1 atom stereocenters. The Hall–Kier alpha value is -5.03. The molecule has 0 radical (unpaired) electrons. The van der Waals surface area contributed by atoms with Gasteiger partial charge in [0.05, 0.1) is 42.2 Å². The van der Waals surface area contributed by atoms with E-state index in [1.54, 1.807) is 50.3 Å². The molecule has 1 aliphatic rings. The van der Waals surface area contributed by atoms with Crippen LogP contribution in [-0.4, -0.2) is 43.4 Å². The minimum absolute atomic E-state index is 0.117. The van der Waals surface area contributed by atoms with Crippen LogP contribution in [0.4, 0.5) is 4.39 Å². The Labute approximate surface area is 256 Å². The van der Waals surface area contributed by atoms with E-state index in [1.807, 2.05) is 30.3 Å². The normalized spacial score (nSPS) is 14.5. The molecule has 226 valence electrons. The number of aromatic nitrogens is 1. The molecule has 3 aromatic carbocycles. The van der Waals surface area contributed by atoms with Gasteiger partial charge in [-0.1, -0.05) is 59.9 Å². The van der Waals surface area contributed by atoms with Crippen LogP contribution in [-0.2, 0) is 19.1 Å². The molecule has 0 bridgehead atoms. The lowest BCUT2D eigenvalue weighted by molar-refractivity contribution is -0.145. The van der Waals surface area contributed by atoms with Gasteiger partial charge in [0.15, 0.2) is 22.9 Å². The fourth-order valence-electron chi connectivity index (χ4n) is 4.78. The second-order valence-corrected chi connectivity index (χ2v) is 10.5.